The van der Waals surface area contributed by atoms with Gasteiger partial charge in [0.25, 0.3) is 0 Å². The number of hydrogen-bond donors (Lipinski definition) is 1. The second-order valence-electron chi connectivity index (χ2n) is 7.77. The summed E-state index contributed by atoms with van der Waals surface area (Å²) in [5.74, 6) is 2.20. The molecule has 0 spiro atoms. The zero-order chi connectivity index (χ0) is 15.7. The molecule has 3 rings (SSSR count). The van der Waals surface area contributed by atoms with Gasteiger partial charge in [0.2, 0.25) is 5.91 Å². The molecule has 5 nitrogen and oxygen atoms in total. The maximum Gasteiger partial charge on any atom is 0.242 e. The van der Waals surface area contributed by atoms with E-state index in [1.165, 1.54) is 19.3 Å². The Labute approximate surface area is 132 Å². The number of anilines is 1. The van der Waals surface area contributed by atoms with Crippen molar-refractivity contribution >= 4 is 11.7 Å². The lowest BCUT2D eigenvalue weighted by atomic mass is 9.93. The Hall–Kier alpha value is -1.36. The number of nitrogens with zero attached hydrogens (tertiary/aromatic N) is 2. The smallest absolute Gasteiger partial charge is 0.242 e. The number of carbonyl (C=O) groups excluding carboxylic acids is 1. The summed E-state index contributed by atoms with van der Waals surface area (Å²) < 4.78 is 5.34. The summed E-state index contributed by atoms with van der Waals surface area (Å²) in [5.41, 5.74) is -0.0984. The molecule has 2 fully saturated rings. The van der Waals surface area contributed by atoms with Gasteiger partial charge >= 0.3 is 0 Å². The number of rotatable bonds is 4. The summed E-state index contributed by atoms with van der Waals surface area (Å²) in [6, 6.07) is 1.83. The fourth-order valence-corrected chi connectivity index (χ4v) is 3.04. The van der Waals surface area contributed by atoms with Crippen LogP contribution >= 0.6 is 0 Å². The first kappa shape index (κ1) is 15.5. The largest absolute Gasteiger partial charge is 0.359 e. The predicted octanol–water partition coefficient (Wildman–Crippen LogP) is 3.18. The third kappa shape index (κ3) is 3.69. The van der Waals surface area contributed by atoms with E-state index < -0.39 is 0 Å². The van der Waals surface area contributed by atoms with E-state index in [-0.39, 0.29) is 17.4 Å². The van der Waals surface area contributed by atoms with Crippen LogP contribution < -0.4 is 5.32 Å². The zero-order valence-electron chi connectivity index (χ0n) is 13.9. The Morgan fingerprint density at radius 1 is 1.36 bits per heavy atom. The molecule has 1 N–H and O–H groups in total. The molecule has 2 aliphatic rings. The van der Waals surface area contributed by atoms with Crippen molar-refractivity contribution < 1.29 is 9.32 Å². The highest BCUT2D eigenvalue weighted by Gasteiger charge is 2.33. The van der Waals surface area contributed by atoms with Crippen LogP contribution in [0.3, 0.4) is 0 Å². The monoisotopic (exact) mass is 305 g/mol. The molecule has 1 amide bonds. The zero-order valence-corrected chi connectivity index (χ0v) is 13.9. The molecule has 0 radical (unpaired) electrons. The van der Waals surface area contributed by atoms with Gasteiger partial charge in [0.05, 0.1) is 6.04 Å². The summed E-state index contributed by atoms with van der Waals surface area (Å²) in [6.45, 7) is 8.32. The predicted molar refractivity (Wildman–Crippen MR) is 85.8 cm³/mol. The van der Waals surface area contributed by atoms with Crippen molar-refractivity contribution in [3.8, 4) is 0 Å². The standard InChI is InChI=1S/C17H27N3O2/c1-17(2,3)14-10-15(19-22-14)18-16(21)13-6-4-5-9-20(13)11-12-7-8-12/h10,12-13H,4-9,11H2,1-3H3,(H,18,19,21)/t13-/m0/s1. The van der Waals surface area contributed by atoms with E-state index in [1.807, 2.05) is 6.07 Å². The fraction of sp³-hybridized carbons (Fsp3) is 0.765. The molecular formula is C17H27N3O2. The average Bonchev–Trinajstić information content (AvgIpc) is 3.13. The van der Waals surface area contributed by atoms with Gasteiger partial charge in [-0.3, -0.25) is 9.69 Å². The van der Waals surface area contributed by atoms with Gasteiger partial charge in [-0.25, -0.2) is 0 Å². The Morgan fingerprint density at radius 3 is 2.77 bits per heavy atom. The first-order valence-electron chi connectivity index (χ1n) is 8.45. The Morgan fingerprint density at radius 2 is 2.14 bits per heavy atom. The van der Waals surface area contributed by atoms with Crippen molar-refractivity contribution in [2.75, 3.05) is 18.4 Å². The molecule has 0 bridgehead atoms. The number of hydrogen-bond acceptors (Lipinski definition) is 4. The Kier molecular flexibility index (Phi) is 4.26. The lowest BCUT2D eigenvalue weighted by molar-refractivity contribution is -0.122. The quantitative estimate of drug-likeness (QED) is 0.928. The second kappa shape index (κ2) is 6.03. The maximum atomic E-state index is 12.6. The first-order valence-corrected chi connectivity index (χ1v) is 8.45. The van der Waals surface area contributed by atoms with E-state index in [9.17, 15) is 4.79 Å². The molecule has 1 atom stereocenters. The molecule has 2 heterocycles. The molecule has 0 aromatic carbocycles. The minimum atomic E-state index is -0.0984. The van der Waals surface area contributed by atoms with Crippen molar-refractivity contribution in [1.29, 1.82) is 0 Å². The maximum absolute atomic E-state index is 12.6. The van der Waals surface area contributed by atoms with E-state index in [0.717, 1.165) is 37.6 Å². The second-order valence-corrected chi connectivity index (χ2v) is 7.77. The van der Waals surface area contributed by atoms with Gasteiger partial charge in [-0.05, 0) is 38.1 Å². The SMILES string of the molecule is CC(C)(C)c1cc(NC(=O)[C@@H]2CCCCN2CC2CC2)no1. The van der Waals surface area contributed by atoms with Crippen LogP contribution in [0.5, 0.6) is 0 Å². The van der Waals surface area contributed by atoms with Crippen LogP contribution in [0.1, 0.15) is 58.6 Å². The highest BCUT2D eigenvalue weighted by Crippen LogP contribution is 2.32. The van der Waals surface area contributed by atoms with E-state index in [0.29, 0.717) is 5.82 Å². The summed E-state index contributed by atoms with van der Waals surface area (Å²) in [6.07, 6.45) is 5.93. The van der Waals surface area contributed by atoms with Crippen LogP contribution in [-0.2, 0) is 10.2 Å². The highest BCUT2D eigenvalue weighted by atomic mass is 16.5. The molecule has 1 aromatic rings. The fourth-order valence-electron chi connectivity index (χ4n) is 3.04. The number of piperidine rings is 1. The van der Waals surface area contributed by atoms with E-state index in [4.69, 9.17) is 4.52 Å². The number of aromatic nitrogens is 1. The number of nitrogens with one attached hydrogen (secondary N) is 1. The Balaban J connectivity index is 1.63. The molecule has 1 saturated heterocycles. The first-order chi connectivity index (χ1) is 10.4. The molecule has 22 heavy (non-hydrogen) atoms. The van der Waals surface area contributed by atoms with E-state index in [1.54, 1.807) is 0 Å². The molecule has 122 valence electrons. The van der Waals surface area contributed by atoms with Gasteiger partial charge in [0.1, 0.15) is 5.76 Å². The average molecular weight is 305 g/mol. The van der Waals surface area contributed by atoms with Gasteiger partial charge in [-0.1, -0.05) is 32.3 Å². The molecule has 1 aliphatic heterocycles. The summed E-state index contributed by atoms with van der Waals surface area (Å²) >= 11 is 0. The van der Waals surface area contributed by atoms with Gasteiger partial charge in [0.15, 0.2) is 5.82 Å². The molecule has 0 unspecified atom stereocenters. The van der Waals surface area contributed by atoms with E-state index >= 15 is 0 Å². The van der Waals surface area contributed by atoms with Crippen molar-refractivity contribution in [3.63, 3.8) is 0 Å². The summed E-state index contributed by atoms with van der Waals surface area (Å²) in [7, 11) is 0. The number of amides is 1. The molecule has 1 aromatic heterocycles. The topological polar surface area (TPSA) is 58.4 Å². The van der Waals surface area contributed by atoms with Crippen LogP contribution in [0.25, 0.3) is 0 Å². The van der Waals surface area contributed by atoms with Crippen LogP contribution in [-0.4, -0.2) is 35.1 Å². The van der Waals surface area contributed by atoms with Crippen molar-refractivity contribution in [2.45, 2.75) is 64.3 Å². The van der Waals surface area contributed by atoms with Crippen molar-refractivity contribution in [3.05, 3.63) is 11.8 Å². The van der Waals surface area contributed by atoms with Gasteiger partial charge < -0.3 is 9.84 Å². The van der Waals surface area contributed by atoms with Gasteiger partial charge in [-0.15, -0.1) is 0 Å². The molecular weight excluding hydrogens is 278 g/mol. The Bertz CT molecular complexity index is 528. The molecule has 1 saturated carbocycles. The summed E-state index contributed by atoms with van der Waals surface area (Å²) in [5, 5.41) is 6.93. The van der Waals surface area contributed by atoms with Crippen LogP contribution in [0, 0.1) is 5.92 Å². The molecule has 5 heteroatoms. The summed E-state index contributed by atoms with van der Waals surface area (Å²) in [4.78, 5) is 15.0. The number of carbonyl (C=O) groups is 1. The third-order valence-electron chi connectivity index (χ3n) is 4.61. The van der Waals surface area contributed by atoms with Crippen molar-refractivity contribution in [1.82, 2.24) is 10.1 Å². The van der Waals surface area contributed by atoms with E-state index in [2.05, 4.69) is 36.1 Å². The van der Waals surface area contributed by atoms with Crippen molar-refractivity contribution in [2.24, 2.45) is 5.92 Å². The third-order valence-corrected chi connectivity index (χ3v) is 4.61. The van der Waals surface area contributed by atoms with Crippen LogP contribution in [0.15, 0.2) is 10.6 Å². The lowest BCUT2D eigenvalue weighted by Gasteiger charge is -2.34. The minimum Gasteiger partial charge on any atom is -0.359 e. The highest BCUT2D eigenvalue weighted by molar-refractivity contribution is 5.94. The van der Waals surface area contributed by atoms with Gasteiger partial charge in [0, 0.05) is 18.0 Å². The van der Waals surface area contributed by atoms with Crippen LogP contribution in [0.4, 0.5) is 5.82 Å². The lowest BCUT2D eigenvalue weighted by Crippen LogP contribution is -2.47. The minimum absolute atomic E-state index is 0.0101. The van der Waals surface area contributed by atoms with Crippen LogP contribution in [0.2, 0.25) is 0 Å². The number of likely N-dealkylation sites (tertiary alicyclic amines) is 1. The van der Waals surface area contributed by atoms with Gasteiger partial charge in [-0.2, -0.15) is 0 Å². The molecule has 1 aliphatic carbocycles. The normalized spacial score (nSPS) is 23.5.